The Hall–Kier alpha value is -5.24. The molecule has 40 heavy (non-hydrogen) atoms. The number of anilines is 1. The lowest BCUT2D eigenvalue weighted by molar-refractivity contribution is -0.131. The van der Waals surface area contributed by atoms with E-state index in [0.29, 0.717) is 29.4 Å². The molecule has 14 nitrogen and oxygen atoms in total. The molecule has 4 aromatic rings. The zero-order chi connectivity index (χ0) is 28.6. The molecule has 2 aromatic heterocycles. The monoisotopic (exact) mass is 548 g/mol. The average molecular weight is 549 g/mol. The Morgan fingerprint density at radius 1 is 1.18 bits per heavy atom. The summed E-state index contributed by atoms with van der Waals surface area (Å²) in [5.74, 6) is 0.395. The first-order valence-corrected chi connectivity index (χ1v) is 12.2. The fourth-order valence-electron chi connectivity index (χ4n) is 3.81. The summed E-state index contributed by atoms with van der Waals surface area (Å²) < 4.78 is 17.7. The van der Waals surface area contributed by atoms with Crippen molar-refractivity contribution in [1.29, 1.82) is 5.41 Å². The molecule has 4 rings (SSSR count). The highest BCUT2D eigenvalue weighted by Gasteiger charge is 2.23. The van der Waals surface area contributed by atoms with E-state index in [-0.39, 0.29) is 42.1 Å². The van der Waals surface area contributed by atoms with Crippen LogP contribution in [0.2, 0.25) is 0 Å². The SMILES string of the molecule is CCOc1cc(OCCO)cc(C(Nc2ccc(C(=N)N)c(OC(C)=O)c2)c2nn(-c3ncccn3)c(=O)[nH]2)c1. The first-order chi connectivity index (χ1) is 19.3. The molecule has 2 aromatic carbocycles. The number of rotatable bonds is 12. The van der Waals surface area contributed by atoms with Crippen molar-refractivity contribution in [1.82, 2.24) is 24.7 Å². The standard InChI is InChI=1S/C26H28N8O6/c1-3-38-18-11-16(12-19(14-18)39-10-9-35)22(24-32-26(37)34(33-24)25-29-7-4-8-30-25)31-17-5-6-20(23(27)28)21(13-17)40-15(2)36/h4-8,11-14,22,31,35H,3,9-10H2,1-2H3,(H3,27,28)(H,32,33,37). The van der Waals surface area contributed by atoms with Crippen molar-refractivity contribution in [2.24, 2.45) is 5.73 Å². The molecule has 2 heterocycles. The number of aliphatic hydroxyl groups excluding tert-OH is 1. The van der Waals surface area contributed by atoms with Gasteiger partial charge in [-0.3, -0.25) is 15.2 Å². The van der Waals surface area contributed by atoms with E-state index in [9.17, 15) is 14.7 Å². The molecule has 0 radical (unpaired) electrons. The van der Waals surface area contributed by atoms with Crippen LogP contribution in [0.1, 0.15) is 36.8 Å². The van der Waals surface area contributed by atoms with E-state index in [0.717, 1.165) is 4.68 Å². The third-order valence-corrected chi connectivity index (χ3v) is 5.39. The maximum atomic E-state index is 12.9. The van der Waals surface area contributed by atoms with Crippen molar-refractivity contribution in [3.05, 3.63) is 82.3 Å². The first kappa shape index (κ1) is 27.8. The number of benzene rings is 2. The van der Waals surface area contributed by atoms with Crippen LogP contribution in [-0.4, -0.2) is 61.5 Å². The molecule has 208 valence electrons. The predicted molar refractivity (Wildman–Crippen MR) is 144 cm³/mol. The summed E-state index contributed by atoms with van der Waals surface area (Å²) in [6.45, 7) is 3.33. The molecule has 0 spiro atoms. The Labute approximate surface area is 228 Å². The number of aliphatic hydroxyl groups is 1. The number of nitrogens with two attached hydrogens (primary N) is 1. The quantitative estimate of drug-likeness (QED) is 0.0743. The van der Waals surface area contributed by atoms with Gasteiger partial charge in [-0.2, -0.15) is 0 Å². The number of ether oxygens (including phenoxy) is 3. The van der Waals surface area contributed by atoms with Gasteiger partial charge in [-0.15, -0.1) is 9.78 Å². The smallest absolute Gasteiger partial charge is 0.350 e. The second-order valence-corrected chi connectivity index (χ2v) is 8.31. The zero-order valence-electron chi connectivity index (χ0n) is 21.7. The zero-order valence-corrected chi connectivity index (χ0v) is 21.7. The minimum absolute atomic E-state index is 0.0577. The summed E-state index contributed by atoms with van der Waals surface area (Å²) in [5.41, 5.74) is 6.36. The molecular weight excluding hydrogens is 520 g/mol. The van der Waals surface area contributed by atoms with Gasteiger partial charge in [0.15, 0.2) is 5.82 Å². The Kier molecular flexibility index (Phi) is 8.71. The van der Waals surface area contributed by atoms with Crippen LogP contribution in [0, 0.1) is 5.41 Å². The number of H-pyrrole nitrogens is 1. The minimum Gasteiger partial charge on any atom is -0.494 e. The van der Waals surface area contributed by atoms with E-state index >= 15 is 0 Å². The van der Waals surface area contributed by atoms with E-state index in [4.69, 9.17) is 25.4 Å². The van der Waals surface area contributed by atoms with E-state index in [1.165, 1.54) is 31.5 Å². The van der Waals surface area contributed by atoms with Gasteiger partial charge in [-0.05, 0) is 42.8 Å². The molecule has 0 saturated carbocycles. The van der Waals surface area contributed by atoms with Crippen LogP contribution in [0.3, 0.4) is 0 Å². The lowest BCUT2D eigenvalue weighted by Gasteiger charge is -2.21. The highest BCUT2D eigenvalue weighted by molar-refractivity contribution is 5.98. The van der Waals surface area contributed by atoms with Crippen molar-refractivity contribution in [3.8, 4) is 23.2 Å². The number of hydrogen-bond donors (Lipinski definition) is 5. The van der Waals surface area contributed by atoms with Crippen LogP contribution in [0.4, 0.5) is 5.69 Å². The van der Waals surface area contributed by atoms with E-state index < -0.39 is 17.7 Å². The maximum absolute atomic E-state index is 12.9. The first-order valence-electron chi connectivity index (χ1n) is 12.2. The fourth-order valence-corrected chi connectivity index (χ4v) is 3.81. The number of aromatic nitrogens is 5. The van der Waals surface area contributed by atoms with Crippen molar-refractivity contribution in [2.45, 2.75) is 19.9 Å². The van der Waals surface area contributed by atoms with E-state index in [1.807, 2.05) is 6.92 Å². The normalized spacial score (nSPS) is 11.5. The summed E-state index contributed by atoms with van der Waals surface area (Å²) in [6, 6.07) is 10.6. The van der Waals surface area contributed by atoms with Crippen molar-refractivity contribution in [2.75, 3.05) is 25.1 Å². The van der Waals surface area contributed by atoms with Crippen LogP contribution < -0.4 is 31.0 Å². The number of carbonyl (C=O) groups is 1. The molecule has 14 heteroatoms. The van der Waals surface area contributed by atoms with Crippen LogP contribution in [-0.2, 0) is 4.79 Å². The Morgan fingerprint density at radius 2 is 1.90 bits per heavy atom. The molecule has 1 atom stereocenters. The Balaban J connectivity index is 1.84. The number of hydrogen-bond acceptors (Lipinski definition) is 11. The van der Waals surface area contributed by atoms with Gasteiger partial charge in [-0.1, -0.05) is 0 Å². The largest absolute Gasteiger partial charge is 0.494 e. The van der Waals surface area contributed by atoms with E-state index in [1.54, 1.807) is 30.3 Å². The van der Waals surface area contributed by atoms with Crippen LogP contribution in [0.15, 0.2) is 59.7 Å². The topological polar surface area (TPSA) is 203 Å². The predicted octanol–water partition coefficient (Wildman–Crippen LogP) is 1.53. The van der Waals surface area contributed by atoms with Gasteiger partial charge in [-0.25, -0.2) is 14.8 Å². The number of aromatic amines is 1. The summed E-state index contributed by atoms with van der Waals surface area (Å²) in [6.07, 6.45) is 2.98. The lowest BCUT2D eigenvalue weighted by Crippen LogP contribution is -2.18. The Bertz CT molecular complexity index is 1550. The van der Waals surface area contributed by atoms with Crippen LogP contribution >= 0.6 is 0 Å². The average Bonchev–Trinajstić information content (AvgIpc) is 3.31. The van der Waals surface area contributed by atoms with Crippen molar-refractivity contribution in [3.63, 3.8) is 0 Å². The third kappa shape index (κ3) is 6.60. The molecule has 0 aliphatic heterocycles. The molecule has 0 aliphatic rings. The van der Waals surface area contributed by atoms with Gasteiger partial charge in [0.2, 0.25) is 0 Å². The molecule has 0 aliphatic carbocycles. The van der Waals surface area contributed by atoms with Crippen LogP contribution in [0.25, 0.3) is 5.95 Å². The highest BCUT2D eigenvalue weighted by atomic mass is 16.5. The van der Waals surface area contributed by atoms with Crippen molar-refractivity contribution < 1.29 is 24.1 Å². The lowest BCUT2D eigenvalue weighted by atomic mass is 10.0. The molecule has 1 unspecified atom stereocenters. The molecule has 0 bridgehead atoms. The number of carbonyl (C=O) groups excluding carboxylic acids is 1. The number of amidine groups is 1. The van der Waals surface area contributed by atoms with Crippen molar-refractivity contribution >= 4 is 17.5 Å². The summed E-state index contributed by atoms with van der Waals surface area (Å²) in [5, 5.41) is 24.8. The summed E-state index contributed by atoms with van der Waals surface area (Å²) in [4.78, 5) is 35.5. The third-order valence-electron chi connectivity index (χ3n) is 5.39. The second-order valence-electron chi connectivity index (χ2n) is 8.31. The summed E-state index contributed by atoms with van der Waals surface area (Å²) in [7, 11) is 0. The maximum Gasteiger partial charge on any atom is 0.350 e. The van der Waals surface area contributed by atoms with Gasteiger partial charge in [0, 0.05) is 37.1 Å². The van der Waals surface area contributed by atoms with Gasteiger partial charge in [0.05, 0.1) is 18.8 Å². The Morgan fingerprint density at radius 3 is 2.55 bits per heavy atom. The molecule has 6 N–H and O–H groups in total. The number of nitrogens with one attached hydrogen (secondary N) is 3. The van der Waals surface area contributed by atoms with Gasteiger partial charge >= 0.3 is 11.7 Å². The molecular formula is C26H28N8O6. The van der Waals surface area contributed by atoms with Gasteiger partial charge < -0.3 is 30.4 Å². The summed E-state index contributed by atoms with van der Waals surface area (Å²) >= 11 is 0. The number of esters is 1. The molecule has 0 fully saturated rings. The van der Waals surface area contributed by atoms with Crippen LogP contribution in [0.5, 0.6) is 17.2 Å². The molecule has 0 saturated heterocycles. The highest BCUT2D eigenvalue weighted by Crippen LogP contribution is 2.33. The second kappa shape index (κ2) is 12.5. The number of nitrogens with zero attached hydrogens (tertiary/aromatic N) is 4. The van der Waals surface area contributed by atoms with E-state index in [2.05, 4.69) is 25.4 Å². The minimum atomic E-state index is -0.803. The fraction of sp³-hybridized carbons (Fsp3) is 0.231. The molecule has 0 amide bonds. The van der Waals surface area contributed by atoms with Gasteiger partial charge in [0.1, 0.15) is 35.7 Å². The number of nitrogen functional groups attached to an aromatic ring is 1. The van der Waals surface area contributed by atoms with Gasteiger partial charge in [0.25, 0.3) is 5.95 Å².